The van der Waals surface area contributed by atoms with Crippen LogP contribution in [0.4, 0.5) is 0 Å². The highest BCUT2D eigenvalue weighted by atomic mass is 16.4. The summed E-state index contributed by atoms with van der Waals surface area (Å²) >= 11 is 0. The molecular formula is C19H21NO3. The Kier molecular flexibility index (Phi) is 5.52. The van der Waals surface area contributed by atoms with Gasteiger partial charge in [-0.25, -0.2) is 4.79 Å². The summed E-state index contributed by atoms with van der Waals surface area (Å²) in [6.07, 6.45) is 0.861. The molecule has 2 aromatic rings. The summed E-state index contributed by atoms with van der Waals surface area (Å²) in [5.74, 6) is -1.32. The Morgan fingerprint density at radius 2 is 1.78 bits per heavy atom. The van der Waals surface area contributed by atoms with E-state index in [4.69, 9.17) is 0 Å². The second-order valence-corrected chi connectivity index (χ2v) is 5.68. The predicted octanol–water partition coefficient (Wildman–Crippen LogP) is 3.18. The van der Waals surface area contributed by atoms with Gasteiger partial charge in [0.2, 0.25) is 5.91 Å². The van der Waals surface area contributed by atoms with Crippen molar-refractivity contribution in [1.29, 1.82) is 0 Å². The minimum Gasteiger partial charge on any atom is -0.479 e. The predicted molar refractivity (Wildman–Crippen MR) is 89.2 cm³/mol. The maximum atomic E-state index is 12.1. The third kappa shape index (κ3) is 4.68. The van der Waals surface area contributed by atoms with Crippen molar-refractivity contribution in [1.82, 2.24) is 5.32 Å². The van der Waals surface area contributed by atoms with Gasteiger partial charge in [-0.2, -0.15) is 0 Å². The molecular weight excluding hydrogens is 290 g/mol. The molecule has 0 spiro atoms. The summed E-state index contributed by atoms with van der Waals surface area (Å²) in [4.78, 5) is 23.5. The lowest BCUT2D eigenvalue weighted by Gasteiger charge is -2.15. The van der Waals surface area contributed by atoms with E-state index in [1.807, 2.05) is 32.0 Å². The summed E-state index contributed by atoms with van der Waals surface area (Å²) < 4.78 is 0. The van der Waals surface area contributed by atoms with Crippen LogP contribution in [0.5, 0.6) is 0 Å². The van der Waals surface area contributed by atoms with E-state index < -0.39 is 12.0 Å². The molecule has 4 heteroatoms. The molecule has 0 aliphatic carbocycles. The number of carbonyl (C=O) groups is 2. The summed E-state index contributed by atoms with van der Waals surface area (Å²) in [5, 5.41) is 11.9. The number of hydrogen-bond donors (Lipinski definition) is 2. The quantitative estimate of drug-likeness (QED) is 0.861. The summed E-state index contributed by atoms with van der Waals surface area (Å²) in [7, 11) is 0. The van der Waals surface area contributed by atoms with Crippen molar-refractivity contribution in [3.63, 3.8) is 0 Å². The van der Waals surface area contributed by atoms with Crippen molar-refractivity contribution >= 4 is 11.9 Å². The lowest BCUT2D eigenvalue weighted by molar-refractivity contribution is -0.142. The van der Waals surface area contributed by atoms with E-state index in [0.29, 0.717) is 12.0 Å². The van der Waals surface area contributed by atoms with Crippen molar-refractivity contribution in [3.05, 3.63) is 70.8 Å². The van der Waals surface area contributed by atoms with Gasteiger partial charge in [-0.15, -0.1) is 0 Å². The third-order valence-corrected chi connectivity index (χ3v) is 3.80. The maximum absolute atomic E-state index is 12.1. The van der Waals surface area contributed by atoms with Gasteiger partial charge in [-0.05, 0) is 37.0 Å². The Bertz CT molecular complexity index is 695. The SMILES string of the molecule is Cc1ccc(CCC(=O)NC(C(=O)O)c2ccccc2)c(C)c1. The molecule has 0 aliphatic rings. The summed E-state index contributed by atoms with van der Waals surface area (Å²) in [5.41, 5.74) is 4.01. The minimum atomic E-state index is -1.06. The van der Waals surface area contributed by atoms with Gasteiger partial charge in [0.1, 0.15) is 0 Å². The van der Waals surface area contributed by atoms with Crippen molar-refractivity contribution in [2.45, 2.75) is 32.7 Å². The molecule has 0 saturated carbocycles. The van der Waals surface area contributed by atoms with Crippen LogP contribution in [-0.4, -0.2) is 17.0 Å². The highest BCUT2D eigenvalue weighted by Crippen LogP contribution is 2.15. The highest BCUT2D eigenvalue weighted by molar-refractivity contribution is 5.84. The van der Waals surface area contributed by atoms with Crippen molar-refractivity contribution in [3.8, 4) is 0 Å². The molecule has 0 saturated heterocycles. The molecule has 120 valence electrons. The van der Waals surface area contributed by atoms with Gasteiger partial charge in [0.05, 0.1) is 0 Å². The fourth-order valence-electron chi connectivity index (χ4n) is 2.54. The van der Waals surface area contributed by atoms with Crippen molar-refractivity contribution < 1.29 is 14.7 Å². The number of carbonyl (C=O) groups excluding carboxylic acids is 1. The van der Waals surface area contributed by atoms with E-state index in [2.05, 4.69) is 11.4 Å². The smallest absolute Gasteiger partial charge is 0.330 e. The largest absolute Gasteiger partial charge is 0.479 e. The first-order valence-electron chi connectivity index (χ1n) is 7.60. The van der Waals surface area contributed by atoms with E-state index in [9.17, 15) is 14.7 Å². The van der Waals surface area contributed by atoms with E-state index in [-0.39, 0.29) is 12.3 Å². The van der Waals surface area contributed by atoms with Gasteiger partial charge in [0, 0.05) is 6.42 Å². The number of aliphatic carboxylic acids is 1. The normalized spacial score (nSPS) is 11.7. The number of aryl methyl sites for hydroxylation is 3. The first kappa shape index (κ1) is 16.7. The van der Waals surface area contributed by atoms with Crippen LogP contribution in [0.25, 0.3) is 0 Å². The molecule has 0 aromatic heterocycles. The molecule has 1 unspecified atom stereocenters. The Labute approximate surface area is 136 Å². The molecule has 2 rings (SSSR count). The molecule has 0 radical (unpaired) electrons. The number of carboxylic acid groups (broad SMARTS) is 1. The molecule has 2 N–H and O–H groups in total. The van der Waals surface area contributed by atoms with Crippen LogP contribution >= 0.6 is 0 Å². The molecule has 0 aliphatic heterocycles. The standard InChI is InChI=1S/C19H21NO3/c1-13-8-9-15(14(2)12-13)10-11-17(21)20-18(19(22)23)16-6-4-3-5-7-16/h3-9,12,18H,10-11H2,1-2H3,(H,20,21)(H,22,23). The van der Waals surface area contributed by atoms with Crippen LogP contribution < -0.4 is 5.32 Å². The van der Waals surface area contributed by atoms with Gasteiger partial charge in [-0.3, -0.25) is 4.79 Å². The fourth-order valence-corrected chi connectivity index (χ4v) is 2.54. The molecule has 0 bridgehead atoms. The second kappa shape index (κ2) is 7.58. The molecule has 0 heterocycles. The highest BCUT2D eigenvalue weighted by Gasteiger charge is 2.21. The van der Waals surface area contributed by atoms with E-state index in [0.717, 1.165) is 11.1 Å². The lowest BCUT2D eigenvalue weighted by atomic mass is 10.0. The van der Waals surface area contributed by atoms with Gasteiger partial charge >= 0.3 is 5.97 Å². The number of rotatable bonds is 6. The maximum Gasteiger partial charge on any atom is 0.330 e. The molecule has 4 nitrogen and oxygen atoms in total. The van der Waals surface area contributed by atoms with Crippen LogP contribution in [0.1, 0.15) is 34.7 Å². The topological polar surface area (TPSA) is 66.4 Å². The van der Waals surface area contributed by atoms with Crippen LogP contribution in [0.15, 0.2) is 48.5 Å². The van der Waals surface area contributed by atoms with Gasteiger partial charge in [0.25, 0.3) is 0 Å². The molecule has 23 heavy (non-hydrogen) atoms. The Morgan fingerprint density at radius 3 is 2.39 bits per heavy atom. The first-order valence-corrected chi connectivity index (χ1v) is 7.60. The second-order valence-electron chi connectivity index (χ2n) is 5.68. The fraction of sp³-hybridized carbons (Fsp3) is 0.263. The Hall–Kier alpha value is -2.62. The zero-order valence-electron chi connectivity index (χ0n) is 13.4. The van der Waals surface area contributed by atoms with Crippen LogP contribution in [0.2, 0.25) is 0 Å². The zero-order chi connectivity index (χ0) is 16.8. The van der Waals surface area contributed by atoms with Crippen LogP contribution in [0.3, 0.4) is 0 Å². The number of carboxylic acids is 1. The summed E-state index contributed by atoms with van der Waals surface area (Å²) in [6.45, 7) is 4.05. The van der Waals surface area contributed by atoms with Crippen molar-refractivity contribution in [2.24, 2.45) is 0 Å². The van der Waals surface area contributed by atoms with E-state index >= 15 is 0 Å². The zero-order valence-corrected chi connectivity index (χ0v) is 13.4. The number of amides is 1. The summed E-state index contributed by atoms with van der Waals surface area (Å²) in [6, 6.07) is 13.8. The van der Waals surface area contributed by atoms with Gasteiger partial charge < -0.3 is 10.4 Å². The molecule has 0 fully saturated rings. The van der Waals surface area contributed by atoms with Gasteiger partial charge in [-0.1, -0.05) is 54.1 Å². The first-order chi connectivity index (χ1) is 11.0. The lowest BCUT2D eigenvalue weighted by Crippen LogP contribution is -2.33. The van der Waals surface area contributed by atoms with Gasteiger partial charge in [0.15, 0.2) is 6.04 Å². The average Bonchev–Trinajstić information content (AvgIpc) is 2.52. The molecule has 2 aromatic carbocycles. The minimum absolute atomic E-state index is 0.263. The third-order valence-electron chi connectivity index (χ3n) is 3.80. The van der Waals surface area contributed by atoms with Crippen LogP contribution in [0, 0.1) is 13.8 Å². The van der Waals surface area contributed by atoms with E-state index in [1.54, 1.807) is 24.3 Å². The molecule has 1 amide bonds. The van der Waals surface area contributed by atoms with Crippen LogP contribution in [-0.2, 0) is 16.0 Å². The average molecular weight is 311 g/mol. The number of nitrogens with one attached hydrogen (secondary N) is 1. The van der Waals surface area contributed by atoms with Crippen molar-refractivity contribution in [2.75, 3.05) is 0 Å². The number of hydrogen-bond acceptors (Lipinski definition) is 2. The van der Waals surface area contributed by atoms with E-state index in [1.165, 1.54) is 5.56 Å². The Balaban J connectivity index is 1.98. The Morgan fingerprint density at radius 1 is 1.09 bits per heavy atom. The number of benzene rings is 2. The monoisotopic (exact) mass is 311 g/mol. The molecule has 1 atom stereocenters.